The van der Waals surface area contributed by atoms with Gasteiger partial charge in [-0.05, 0) is 49.2 Å². The number of carbonyl (C=O) groups excluding carboxylic acids is 2. The van der Waals surface area contributed by atoms with Crippen molar-refractivity contribution in [1.29, 1.82) is 0 Å². The van der Waals surface area contributed by atoms with Gasteiger partial charge in [0, 0.05) is 18.8 Å². The highest BCUT2D eigenvalue weighted by atomic mass is 19.4. The zero-order valence-corrected chi connectivity index (χ0v) is 15.1. The maximum atomic E-state index is 12.1. The van der Waals surface area contributed by atoms with Crippen molar-refractivity contribution >= 4 is 23.4 Å². The van der Waals surface area contributed by atoms with Gasteiger partial charge in [0.1, 0.15) is 5.75 Å². The molecular weight excluding hydrogens is 393 g/mol. The molecule has 2 aromatic rings. The van der Waals surface area contributed by atoms with Crippen LogP contribution in [0.1, 0.15) is 23.3 Å². The molecule has 2 heterocycles. The molecule has 0 atom stereocenters. The Morgan fingerprint density at radius 1 is 1.03 bits per heavy atom. The van der Waals surface area contributed by atoms with Crippen LogP contribution in [0.3, 0.4) is 0 Å². The minimum atomic E-state index is -4.80. The molecule has 0 saturated carbocycles. The average Bonchev–Trinajstić information content (AvgIpc) is 3.21. The molecule has 0 unspecified atom stereocenters. The molecule has 1 aliphatic rings. The van der Waals surface area contributed by atoms with Gasteiger partial charge < -0.3 is 19.7 Å². The van der Waals surface area contributed by atoms with E-state index in [1.54, 1.807) is 6.07 Å². The minimum Gasteiger partial charge on any atom is -0.451 e. The zero-order chi connectivity index (χ0) is 20.9. The Morgan fingerprint density at radius 2 is 1.72 bits per heavy atom. The quantitative estimate of drug-likeness (QED) is 0.732. The Balaban J connectivity index is 1.46. The van der Waals surface area contributed by atoms with E-state index < -0.39 is 30.6 Å². The zero-order valence-electron chi connectivity index (χ0n) is 15.1. The Labute approximate surface area is 163 Å². The summed E-state index contributed by atoms with van der Waals surface area (Å²) in [7, 11) is 0. The van der Waals surface area contributed by atoms with Crippen molar-refractivity contribution in [2.45, 2.75) is 19.2 Å². The number of nitrogens with zero attached hydrogens (tertiary/aromatic N) is 3. The minimum absolute atomic E-state index is 0.0330. The molecule has 1 aromatic carbocycles. The van der Waals surface area contributed by atoms with Crippen LogP contribution >= 0.6 is 0 Å². The van der Waals surface area contributed by atoms with Crippen molar-refractivity contribution in [3.05, 3.63) is 42.1 Å². The van der Waals surface area contributed by atoms with Gasteiger partial charge in [0.25, 0.3) is 5.91 Å². The first-order valence-corrected chi connectivity index (χ1v) is 8.72. The van der Waals surface area contributed by atoms with Gasteiger partial charge in [-0.2, -0.15) is 0 Å². The SMILES string of the molecule is O=C(COC(=O)c1ccc(N2CCCC2)nn1)Nc1ccc(OC(F)(F)F)cc1. The van der Waals surface area contributed by atoms with E-state index in [-0.39, 0.29) is 11.4 Å². The third-order valence-corrected chi connectivity index (χ3v) is 4.00. The van der Waals surface area contributed by atoms with Gasteiger partial charge in [-0.1, -0.05) is 0 Å². The molecule has 3 rings (SSSR count). The largest absolute Gasteiger partial charge is 0.573 e. The van der Waals surface area contributed by atoms with Crippen molar-refractivity contribution in [2.75, 3.05) is 29.9 Å². The summed E-state index contributed by atoms with van der Waals surface area (Å²) < 4.78 is 45.0. The lowest BCUT2D eigenvalue weighted by atomic mass is 10.3. The summed E-state index contributed by atoms with van der Waals surface area (Å²) in [6, 6.07) is 7.69. The van der Waals surface area contributed by atoms with E-state index in [0.717, 1.165) is 38.1 Å². The van der Waals surface area contributed by atoms with Crippen LogP contribution in [0.2, 0.25) is 0 Å². The summed E-state index contributed by atoms with van der Waals surface area (Å²) in [5.74, 6) is -1.22. The third kappa shape index (κ3) is 6.06. The molecule has 0 aliphatic carbocycles. The Bertz CT molecular complexity index is 851. The second-order valence-corrected chi connectivity index (χ2v) is 6.17. The summed E-state index contributed by atoms with van der Waals surface area (Å²) in [4.78, 5) is 25.9. The number of halogens is 3. The van der Waals surface area contributed by atoms with E-state index in [1.165, 1.54) is 18.2 Å². The fourth-order valence-electron chi connectivity index (χ4n) is 2.69. The molecule has 1 amide bonds. The molecule has 0 spiro atoms. The number of benzene rings is 1. The summed E-state index contributed by atoms with van der Waals surface area (Å²) >= 11 is 0. The predicted molar refractivity (Wildman–Crippen MR) is 95.5 cm³/mol. The Morgan fingerprint density at radius 3 is 2.31 bits per heavy atom. The van der Waals surface area contributed by atoms with Crippen LogP contribution in [0.25, 0.3) is 0 Å². The van der Waals surface area contributed by atoms with Crippen LogP contribution in [0, 0.1) is 0 Å². The lowest BCUT2D eigenvalue weighted by Crippen LogP contribution is -2.22. The van der Waals surface area contributed by atoms with Crippen LogP contribution in [0.15, 0.2) is 36.4 Å². The highest BCUT2D eigenvalue weighted by Gasteiger charge is 2.31. The molecule has 0 radical (unpaired) electrons. The van der Waals surface area contributed by atoms with Gasteiger partial charge in [-0.3, -0.25) is 4.79 Å². The van der Waals surface area contributed by atoms with E-state index >= 15 is 0 Å². The summed E-state index contributed by atoms with van der Waals surface area (Å²) in [6.45, 7) is 1.19. The van der Waals surface area contributed by atoms with E-state index in [1.807, 2.05) is 0 Å². The Kier molecular flexibility index (Phi) is 6.15. The molecule has 1 N–H and O–H groups in total. The topological polar surface area (TPSA) is 93.7 Å². The number of alkyl halides is 3. The highest BCUT2D eigenvalue weighted by Crippen LogP contribution is 2.24. The summed E-state index contributed by atoms with van der Waals surface area (Å²) in [6.07, 6.45) is -2.63. The number of esters is 1. The van der Waals surface area contributed by atoms with E-state index in [0.29, 0.717) is 5.82 Å². The number of hydrogen-bond acceptors (Lipinski definition) is 7. The van der Waals surface area contributed by atoms with E-state index in [9.17, 15) is 22.8 Å². The fraction of sp³-hybridized carbons (Fsp3) is 0.333. The number of anilines is 2. The van der Waals surface area contributed by atoms with Crippen molar-refractivity contribution in [3.8, 4) is 5.75 Å². The number of carbonyl (C=O) groups is 2. The van der Waals surface area contributed by atoms with Crippen LogP contribution in [0.4, 0.5) is 24.7 Å². The smallest absolute Gasteiger partial charge is 0.451 e. The molecule has 0 bridgehead atoms. The number of hydrogen-bond donors (Lipinski definition) is 1. The molecule has 1 saturated heterocycles. The molecule has 154 valence electrons. The maximum Gasteiger partial charge on any atom is 0.573 e. The number of ether oxygens (including phenoxy) is 2. The van der Waals surface area contributed by atoms with Crippen LogP contribution < -0.4 is 15.0 Å². The molecule has 29 heavy (non-hydrogen) atoms. The maximum absolute atomic E-state index is 12.1. The van der Waals surface area contributed by atoms with E-state index in [2.05, 4.69) is 25.2 Å². The average molecular weight is 410 g/mol. The number of aromatic nitrogens is 2. The van der Waals surface area contributed by atoms with Crippen LogP contribution in [-0.4, -0.2) is 48.1 Å². The molecule has 8 nitrogen and oxygen atoms in total. The van der Waals surface area contributed by atoms with Gasteiger partial charge in [0.2, 0.25) is 0 Å². The Hall–Kier alpha value is -3.37. The molecule has 1 aromatic heterocycles. The highest BCUT2D eigenvalue weighted by molar-refractivity contribution is 5.94. The van der Waals surface area contributed by atoms with Gasteiger partial charge in [0.15, 0.2) is 18.1 Å². The second-order valence-electron chi connectivity index (χ2n) is 6.17. The lowest BCUT2D eigenvalue weighted by molar-refractivity contribution is -0.274. The van der Waals surface area contributed by atoms with E-state index in [4.69, 9.17) is 4.74 Å². The van der Waals surface area contributed by atoms with Crippen LogP contribution in [-0.2, 0) is 9.53 Å². The first-order valence-electron chi connectivity index (χ1n) is 8.72. The van der Waals surface area contributed by atoms with Crippen LogP contribution in [0.5, 0.6) is 5.75 Å². The molecule has 1 fully saturated rings. The normalized spacial score (nSPS) is 13.8. The van der Waals surface area contributed by atoms with Crippen molar-refractivity contribution in [1.82, 2.24) is 10.2 Å². The standard InChI is InChI=1S/C18H17F3N4O4/c19-18(20,21)29-13-5-3-12(4-6-13)22-16(26)11-28-17(27)14-7-8-15(24-23-14)25-9-1-2-10-25/h3-8H,1-2,9-11H2,(H,22,26). The first kappa shape index (κ1) is 20.4. The van der Waals surface area contributed by atoms with Crippen molar-refractivity contribution in [2.24, 2.45) is 0 Å². The van der Waals surface area contributed by atoms with Gasteiger partial charge in [-0.25, -0.2) is 4.79 Å². The summed E-state index contributed by atoms with van der Waals surface area (Å²) in [5, 5.41) is 10.2. The number of rotatable bonds is 6. The van der Waals surface area contributed by atoms with Crippen molar-refractivity contribution in [3.63, 3.8) is 0 Å². The first-order chi connectivity index (χ1) is 13.8. The third-order valence-electron chi connectivity index (χ3n) is 4.00. The lowest BCUT2D eigenvalue weighted by Gasteiger charge is -2.15. The van der Waals surface area contributed by atoms with Crippen molar-refractivity contribution < 1.29 is 32.2 Å². The van der Waals surface area contributed by atoms with Gasteiger partial charge >= 0.3 is 12.3 Å². The van der Waals surface area contributed by atoms with Gasteiger partial charge in [-0.15, -0.1) is 23.4 Å². The number of amides is 1. The molecule has 11 heteroatoms. The predicted octanol–water partition coefficient (Wildman–Crippen LogP) is 2.77. The molecular formula is C18H17F3N4O4. The molecule has 1 aliphatic heterocycles. The fourth-order valence-corrected chi connectivity index (χ4v) is 2.69. The monoisotopic (exact) mass is 410 g/mol. The second kappa shape index (κ2) is 8.76. The summed E-state index contributed by atoms with van der Waals surface area (Å²) in [5.41, 5.74) is 0.185. The van der Waals surface area contributed by atoms with Gasteiger partial charge in [0.05, 0.1) is 0 Å². The number of nitrogens with one attached hydrogen (secondary N) is 1.